The lowest BCUT2D eigenvalue weighted by atomic mass is 10.2. The van der Waals surface area contributed by atoms with E-state index < -0.39 is 6.61 Å². The van der Waals surface area contributed by atoms with Gasteiger partial charge in [-0.2, -0.15) is 8.78 Å². The minimum absolute atomic E-state index is 0.0190. The number of methoxy groups -OCH3 is 2. The number of rotatable bonds is 4. The van der Waals surface area contributed by atoms with E-state index in [4.69, 9.17) is 20.9 Å². The van der Waals surface area contributed by atoms with Gasteiger partial charge in [-0.3, -0.25) is 0 Å². The molecule has 1 rings (SSSR count). The van der Waals surface area contributed by atoms with Gasteiger partial charge >= 0.3 is 6.61 Å². The van der Waals surface area contributed by atoms with Gasteiger partial charge in [0.25, 0.3) is 0 Å². The van der Waals surface area contributed by atoms with Gasteiger partial charge in [0.15, 0.2) is 11.5 Å². The maximum Gasteiger partial charge on any atom is 0.387 e. The Bertz CT molecular complexity index is 386. The van der Waals surface area contributed by atoms with Crippen LogP contribution >= 0.6 is 0 Å². The van der Waals surface area contributed by atoms with Gasteiger partial charge in [-0.05, 0) is 0 Å². The molecule has 7 heteroatoms. The molecule has 0 saturated carbocycles. The quantitative estimate of drug-likeness (QED) is 0.771. The summed E-state index contributed by atoms with van der Waals surface area (Å²) in [4.78, 5) is 0. The lowest BCUT2D eigenvalue weighted by Gasteiger charge is -2.16. The van der Waals surface area contributed by atoms with E-state index in [1.807, 2.05) is 0 Å². The number of benzene rings is 1. The Morgan fingerprint density at radius 2 is 1.75 bits per heavy atom. The highest BCUT2D eigenvalue weighted by Gasteiger charge is 2.20. The minimum atomic E-state index is -3.03. The van der Waals surface area contributed by atoms with Crippen molar-refractivity contribution in [3.8, 4) is 17.2 Å². The number of anilines is 2. The lowest BCUT2D eigenvalue weighted by molar-refractivity contribution is -0.0507. The molecule has 0 spiro atoms. The molecule has 0 amide bonds. The third-order valence-corrected chi connectivity index (χ3v) is 1.90. The van der Waals surface area contributed by atoms with E-state index in [0.29, 0.717) is 0 Å². The second-order valence-electron chi connectivity index (χ2n) is 2.82. The predicted octanol–water partition coefficient (Wildman–Crippen LogP) is 1.47. The summed E-state index contributed by atoms with van der Waals surface area (Å²) in [5, 5.41) is 0. The van der Waals surface area contributed by atoms with Crippen LogP contribution in [0.1, 0.15) is 0 Å². The number of hydrogen-bond donors (Lipinski definition) is 2. The minimum Gasteiger partial charge on any atom is -0.493 e. The van der Waals surface area contributed by atoms with Crippen LogP contribution in [0.25, 0.3) is 0 Å². The van der Waals surface area contributed by atoms with Crippen LogP contribution in [0.15, 0.2) is 6.07 Å². The first-order chi connectivity index (χ1) is 7.51. The fourth-order valence-corrected chi connectivity index (χ4v) is 1.20. The molecule has 0 saturated heterocycles. The van der Waals surface area contributed by atoms with Crippen LogP contribution in [0.4, 0.5) is 20.2 Å². The van der Waals surface area contributed by atoms with E-state index in [1.54, 1.807) is 0 Å². The van der Waals surface area contributed by atoms with E-state index in [1.165, 1.54) is 20.3 Å². The third kappa shape index (κ3) is 2.18. The number of ether oxygens (including phenoxy) is 3. The molecule has 0 aliphatic carbocycles. The SMILES string of the molecule is COc1cc(N)c(N)c(OC(F)F)c1OC. The van der Waals surface area contributed by atoms with Gasteiger partial charge in [0.05, 0.1) is 19.9 Å². The molecule has 5 nitrogen and oxygen atoms in total. The van der Waals surface area contributed by atoms with Crippen molar-refractivity contribution >= 4 is 11.4 Å². The van der Waals surface area contributed by atoms with Crippen LogP contribution in [0.2, 0.25) is 0 Å². The Kier molecular flexibility index (Phi) is 3.60. The van der Waals surface area contributed by atoms with Gasteiger partial charge in [-0.25, -0.2) is 0 Å². The third-order valence-electron chi connectivity index (χ3n) is 1.90. The Morgan fingerprint density at radius 3 is 2.19 bits per heavy atom. The molecule has 4 N–H and O–H groups in total. The molecular weight excluding hydrogens is 222 g/mol. The highest BCUT2D eigenvalue weighted by Crippen LogP contribution is 2.45. The number of nitrogens with two attached hydrogens (primary N) is 2. The maximum atomic E-state index is 12.2. The zero-order valence-corrected chi connectivity index (χ0v) is 8.79. The molecule has 0 fully saturated rings. The van der Waals surface area contributed by atoms with E-state index >= 15 is 0 Å². The largest absolute Gasteiger partial charge is 0.493 e. The van der Waals surface area contributed by atoms with Gasteiger partial charge in [0, 0.05) is 6.07 Å². The number of hydrogen-bond acceptors (Lipinski definition) is 5. The van der Waals surface area contributed by atoms with E-state index in [2.05, 4.69) is 4.74 Å². The van der Waals surface area contributed by atoms with Crippen LogP contribution in [0.5, 0.6) is 17.2 Å². The van der Waals surface area contributed by atoms with Gasteiger partial charge in [0.1, 0.15) is 5.69 Å². The van der Waals surface area contributed by atoms with Crippen LogP contribution in [0, 0.1) is 0 Å². The molecule has 0 bridgehead atoms. The van der Waals surface area contributed by atoms with Crippen molar-refractivity contribution in [1.29, 1.82) is 0 Å². The van der Waals surface area contributed by atoms with Gasteiger partial charge in [-0.1, -0.05) is 0 Å². The van der Waals surface area contributed by atoms with Crippen molar-refractivity contribution in [2.45, 2.75) is 6.61 Å². The number of alkyl halides is 2. The summed E-state index contributed by atoms with van der Waals surface area (Å²) in [5.74, 6) is -0.172. The van der Waals surface area contributed by atoms with Crippen molar-refractivity contribution < 1.29 is 23.0 Å². The fraction of sp³-hybridized carbons (Fsp3) is 0.333. The second kappa shape index (κ2) is 4.73. The van der Waals surface area contributed by atoms with Crippen molar-refractivity contribution in [3.05, 3.63) is 6.07 Å². The van der Waals surface area contributed by atoms with Crippen molar-refractivity contribution in [1.82, 2.24) is 0 Å². The fourth-order valence-electron chi connectivity index (χ4n) is 1.20. The summed E-state index contributed by atoms with van der Waals surface area (Å²) >= 11 is 0. The van der Waals surface area contributed by atoms with E-state index in [9.17, 15) is 8.78 Å². The molecule has 0 aliphatic heterocycles. The zero-order valence-electron chi connectivity index (χ0n) is 8.79. The smallest absolute Gasteiger partial charge is 0.387 e. The molecule has 16 heavy (non-hydrogen) atoms. The summed E-state index contributed by atoms with van der Waals surface area (Å²) < 4.78 is 38.4. The standard InChI is InChI=1S/C9H12F2N2O3/c1-14-5-3-4(12)6(13)8(7(5)15-2)16-9(10)11/h3,9H,12-13H2,1-2H3. The van der Waals surface area contributed by atoms with Crippen LogP contribution < -0.4 is 25.7 Å². The van der Waals surface area contributed by atoms with Crippen molar-refractivity contribution in [2.24, 2.45) is 0 Å². The summed E-state index contributed by atoms with van der Waals surface area (Å²) in [6, 6.07) is 1.37. The molecule has 0 aliphatic rings. The molecule has 0 radical (unpaired) electrons. The Hall–Kier alpha value is -1.92. The van der Waals surface area contributed by atoms with Crippen LogP contribution in [-0.4, -0.2) is 20.8 Å². The molecule has 0 aromatic heterocycles. The first-order valence-electron chi connectivity index (χ1n) is 4.26. The van der Waals surface area contributed by atoms with E-state index in [0.717, 1.165) is 0 Å². The molecule has 1 aromatic rings. The van der Waals surface area contributed by atoms with E-state index in [-0.39, 0.29) is 28.6 Å². The first-order valence-corrected chi connectivity index (χ1v) is 4.26. The normalized spacial score (nSPS) is 10.3. The summed E-state index contributed by atoms with van der Waals surface area (Å²) in [6.07, 6.45) is 0. The lowest BCUT2D eigenvalue weighted by Crippen LogP contribution is -2.08. The number of nitrogen functional groups attached to an aromatic ring is 2. The molecule has 0 atom stereocenters. The van der Waals surface area contributed by atoms with Gasteiger partial charge < -0.3 is 25.7 Å². The monoisotopic (exact) mass is 234 g/mol. The van der Waals surface area contributed by atoms with Crippen molar-refractivity contribution in [2.75, 3.05) is 25.7 Å². The molecule has 90 valence electrons. The highest BCUT2D eigenvalue weighted by atomic mass is 19.3. The molecule has 0 heterocycles. The first kappa shape index (κ1) is 12.2. The Balaban J connectivity index is 3.34. The summed E-state index contributed by atoms with van der Waals surface area (Å²) in [6.45, 7) is -3.03. The number of halogens is 2. The maximum absolute atomic E-state index is 12.2. The Labute approximate surface area is 90.9 Å². The summed E-state index contributed by atoms with van der Waals surface area (Å²) in [7, 11) is 2.63. The zero-order chi connectivity index (χ0) is 12.3. The van der Waals surface area contributed by atoms with Crippen LogP contribution in [0.3, 0.4) is 0 Å². The molecule has 0 unspecified atom stereocenters. The van der Waals surface area contributed by atoms with Gasteiger partial charge in [0.2, 0.25) is 5.75 Å². The summed E-state index contributed by atoms with van der Waals surface area (Å²) in [5.41, 5.74) is 11.0. The topological polar surface area (TPSA) is 79.7 Å². The van der Waals surface area contributed by atoms with Crippen molar-refractivity contribution in [3.63, 3.8) is 0 Å². The molecule has 1 aromatic carbocycles. The second-order valence-corrected chi connectivity index (χ2v) is 2.82. The predicted molar refractivity (Wildman–Crippen MR) is 55.0 cm³/mol. The van der Waals surface area contributed by atoms with Crippen LogP contribution in [-0.2, 0) is 0 Å². The Morgan fingerprint density at radius 1 is 1.12 bits per heavy atom. The average molecular weight is 234 g/mol. The van der Waals surface area contributed by atoms with Gasteiger partial charge in [-0.15, -0.1) is 0 Å². The molecular formula is C9H12F2N2O3. The average Bonchev–Trinajstić information content (AvgIpc) is 2.23. The highest BCUT2D eigenvalue weighted by molar-refractivity contribution is 5.78.